The predicted octanol–water partition coefficient (Wildman–Crippen LogP) is 5.91. The third kappa shape index (κ3) is 1.97. The Morgan fingerprint density at radius 3 is 2.37 bits per heavy atom. The molecule has 19 heavy (non-hydrogen) atoms. The second kappa shape index (κ2) is 4.35. The van der Waals surface area contributed by atoms with Gasteiger partial charge in [0.1, 0.15) is 0 Å². The average molecular weight is 268 g/mol. The van der Waals surface area contributed by atoms with Crippen LogP contribution in [0.15, 0.2) is 36.4 Å². The largest absolute Gasteiger partial charge is 0.135 e. The Morgan fingerprint density at radius 2 is 1.68 bits per heavy atom. The van der Waals surface area contributed by atoms with Gasteiger partial charge in [-0.1, -0.05) is 58.0 Å². The van der Waals surface area contributed by atoms with Crippen LogP contribution in [0.3, 0.4) is 0 Å². The van der Waals surface area contributed by atoms with Crippen LogP contribution in [0.2, 0.25) is 0 Å². The summed E-state index contributed by atoms with van der Waals surface area (Å²) in [7, 11) is 0. The third-order valence-electron chi connectivity index (χ3n) is 3.81. The minimum atomic E-state index is 0.218. The SMILES string of the molecule is CCc1c(C(C)(C)C)ccc2c1sc1ccccc12. The highest BCUT2D eigenvalue weighted by atomic mass is 32.1. The minimum absolute atomic E-state index is 0.218. The zero-order chi connectivity index (χ0) is 13.6. The summed E-state index contributed by atoms with van der Waals surface area (Å²) in [6.45, 7) is 9.19. The average Bonchev–Trinajstić information content (AvgIpc) is 2.75. The van der Waals surface area contributed by atoms with Gasteiger partial charge in [0.05, 0.1) is 0 Å². The summed E-state index contributed by atoms with van der Waals surface area (Å²) in [4.78, 5) is 0. The molecule has 98 valence electrons. The molecule has 3 aromatic rings. The van der Waals surface area contributed by atoms with Crippen LogP contribution < -0.4 is 0 Å². The Hall–Kier alpha value is -1.34. The molecule has 0 aliphatic heterocycles. The highest BCUT2D eigenvalue weighted by Crippen LogP contribution is 2.40. The molecule has 0 atom stereocenters. The lowest BCUT2D eigenvalue weighted by Gasteiger charge is -2.23. The molecule has 0 bridgehead atoms. The van der Waals surface area contributed by atoms with E-state index < -0.39 is 0 Å². The molecule has 0 aliphatic carbocycles. The Morgan fingerprint density at radius 1 is 0.947 bits per heavy atom. The van der Waals surface area contributed by atoms with Gasteiger partial charge in [-0.05, 0) is 29.0 Å². The Kier molecular flexibility index (Phi) is 2.90. The maximum absolute atomic E-state index is 2.33. The van der Waals surface area contributed by atoms with Gasteiger partial charge in [0.2, 0.25) is 0 Å². The lowest BCUT2D eigenvalue weighted by molar-refractivity contribution is 0.585. The van der Waals surface area contributed by atoms with Gasteiger partial charge < -0.3 is 0 Å². The van der Waals surface area contributed by atoms with E-state index in [4.69, 9.17) is 0 Å². The van der Waals surface area contributed by atoms with Crippen molar-refractivity contribution in [2.24, 2.45) is 0 Å². The highest BCUT2D eigenvalue weighted by molar-refractivity contribution is 7.26. The van der Waals surface area contributed by atoms with Crippen LogP contribution in [0, 0.1) is 0 Å². The summed E-state index contributed by atoms with van der Waals surface area (Å²) in [5, 5.41) is 2.82. The lowest BCUT2D eigenvalue weighted by Crippen LogP contribution is -2.13. The molecule has 3 rings (SSSR count). The normalized spacial score (nSPS) is 12.4. The molecule has 0 aliphatic rings. The van der Waals surface area contributed by atoms with Crippen molar-refractivity contribution >= 4 is 31.5 Å². The molecule has 0 nitrogen and oxygen atoms in total. The molecule has 0 radical (unpaired) electrons. The molecule has 0 amide bonds. The number of hydrogen-bond acceptors (Lipinski definition) is 1. The van der Waals surface area contributed by atoms with E-state index in [0.717, 1.165) is 6.42 Å². The maximum Gasteiger partial charge on any atom is 0.0390 e. The van der Waals surface area contributed by atoms with Crippen LogP contribution in [0.4, 0.5) is 0 Å². The molecule has 1 aromatic heterocycles. The fourth-order valence-corrected chi connectivity index (χ4v) is 4.22. The first kappa shape index (κ1) is 12.7. The van der Waals surface area contributed by atoms with Crippen LogP contribution in [-0.2, 0) is 11.8 Å². The molecule has 1 heteroatoms. The maximum atomic E-state index is 2.33. The van der Waals surface area contributed by atoms with E-state index in [9.17, 15) is 0 Å². The summed E-state index contributed by atoms with van der Waals surface area (Å²) in [6.07, 6.45) is 1.11. The summed E-state index contributed by atoms with van der Waals surface area (Å²) < 4.78 is 2.88. The van der Waals surface area contributed by atoms with Gasteiger partial charge in [0, 0.05) is 20.2 Å². The fourth-order valence-electron chi connectivity index (χ4n) is 2.90. The van der Waals surface area contributed by atoms with Crippen molar-refractivity contribution in [2.45, 2.75) is 39.5 Å². The van der Waals surface area contributed by atoms with Crippen molar-refractivity contribution in [3.05, 3.63) is 47.5 Å². The molecule has 1 heterocycles. The number of benzene rings is 2. The van der Waals surface area contributed by atoms with Crippen molar-refractivity contribution < 1.29 is 0 Å². The lowest BCUT2D eigenvalue weighted by atomic mass is 9.82. The number of hydrogen-bond donors (Lipinski definition) is 0. The van der Waals surface area contributed by atoms with Crippen LogP contribution in [-0.4, -0.2) is 0 Å². The highest BCUT2D eigenvalue weighted by Gasteiger charge is 2.20. The van der Waals surface area contributed by atoms with Crippen molar-refractivity contribution in [1.82, 2.24) is 0 Å². The van der Waals surface area contributed by atoms with Gasteiger partial charge in [-0.25, -0.2) is 0 Å². The van der Waals surface area contributed by atoms with Gasteiger partial charge >= 0.3 is 0 Å². The first-order valence-electron chi connectivity index (χ1n) is 6.96. The van der Waals surface area contributed by atoms with Gasteiger partial charge in [-0.3, -0.25) is 0 Å². The van der Waals surface area contributed by atoms with E-state index in [2.05, 4.69) is 64.1 Å². The quantitative estimate of drug-likeness (QED) is 0.514. The molecule has 0 N–H and O–H groups in total. The van der Waals surface area contributed by atoms with Crippen LogP contribution >= 0.6 is 11.3 Å². The van der Waals surface area contributed by atoms with Crippen molar-refractivity contribution in [3.63, 3.8) is 0 Å². The number of thiophene rings is 1. The smallest absolute Gasteiger partial charge is 0.0390 e. The topological polar surface area (TPSA) is 0 Å². The summed E-state index contributed by atoms with van der Waals surface area (Å²) >= 11 is 1.94. The summed E-state index contributed by atoms with van der Waals surface area (Å²) in [6, 6.07) is 13.4. The van der Waals surface area contributed by atoms with Crippen molar-refractivity contribution in [1.29, 1.82) is 0 Å². The second-order valence-corrected chi connectivity index (χ2v) is 7.22. The molecule has 0 saturated carbocycles. The molecule has 0 unspecified atom stereocenters. The second-order valence-electron chi connectivity index (χ2n) is 6.17. The van der Waals surface area contributed by atoms with Gasteiger partial charge in [-0.2, -0.15) is 0 Å². The van der Waals surface area contributed by atoms with E-state index in [0.29, 0.717) is 0 Å². The van der Waals surface area contributed by atoms with Gasteiger partial charge in [0.25, 0.3) is 0 Å². The number of rotatable bonds is 1. The molecular formula is C18H20S. The summed E-state index contributed by atoms with van der Waals surface area (Å²) in [5.74, 6) is 0. The van der Waals surface area contributed by atoms with E-state index in [-0.39, 0.29) is 5.41 Å². The van der Waals surface area contributed by atoms with E-state index in [1.54, 1.807) is 0 Å². The van der Waals surface area contributed by atoms with Crippen LogP contribution in [0.25, 0.3) is 20.2 Å². The predicted molar refractivity (Wildman–Crippen MR) is 87.4 cm³/mol. The van der Waals surface area contributed by atoms with Crippen molar-refractivity contribution in [2.75, 3.05) is 0 Å². The van der Waals surface area contributed by atoms with Crippen molar-refractivity contribution in [3.8, 4) is 0 Å². The van der Waals surface area contributed by atoms with E-state index >= 15 is 0 Å². The van der Waals surface area contributed by atoms with Crippen LogP contribution in [0.5, 0.6) is 0 Å². The first-order chi connectivity index (χ1) is 9.02. The molecule has 2 aromatic carbocycles. The number of fused-ring (bicyclic) bond motifs is 3. The van der Waals surface area contributed by atoms with Crippen LogP contribution in [0.1, 0.15) is 38.8 Å². The Bertz CT molecular complexity index is 741. The standard InChI is InChI=1S/C18H20S/c1-5-12-15(18(2,3)4)11-10-14-13-8-6-7-9-16(13)19-17(12)14/h6-11H,5H2,1-4H3. The van der Waals surface area contributed by atoms with Gasteiger partial charge in [-0.15, -0.1) is 11.3 Å². The molecule has 0 saturated heterocycles. The summed E-state index contributed by atoms with van der Waals surface area (Å²) in [5.41, 5.74) is 3.25. The number of aryl methyl sites for hydroxylation is 1. The molecule has 0 fully saturated rings. The Balaban J connectivity index is 2.44. The monoisotopic (exact) mass is 268 g/mol. The third-order valence-corrected chi connectivity index (χ3v) is 5.06. The minimum Gasteiger partial charge on any atom is -0.135 e. The molecule has 0 spiro atoms. The first-order valence-corrected chi connectivity index (χ1v) is 7.77. The van der Waals surface area contributed by atoms with E-state index in [1.165, 1.54) is 31.3 Å². The Labute approximate surface area is 119 Å². The fraction of sp³-hybridized carbons (Fsp3) is 0.333. The van der Waals surface area contributed by atoms with E-state index in [1.807, 2.05) is 11.3 Å². The molecular weight excluding hydrogens is 248 g/mol. The zero-order valence-electron chi connectivity index (χ0n) is 12.1. The van der Waals surface area contributed by atoms with Gasteiger partial charge in [0.15, 0.2) is 0 Å². The zero-order valence-corrected chi connectivity index (χ0v) is 12.9.